The van der Waals surface area contributed by atoms with Crippen molar-refractivity contribution in [1.29, 1.82) is 0 Å². The summed E-state index contributed by atoms with van der Waals surface area (Å²) in [7, 11) is 0. The van der Waals surface area contributed by atoms with Gasteiger partial charge in [0.2, 0.25) is 0 Å². The van der Waals surface area contributed by atoms with Crippen molar-refractivity contribution in [2.75, 3.05) is 0 Å². The van der Waals surface area contributed by atoms with Crippen LogP contribution in [0.25, 0.3) is 0 Å². The van der Waals surface area contributed by atoms with Crippen molar-refractivity contribution >= 4 is 17.8 Å². The number of carbonyl (C=O) groups excluding carboxylic acids is 1. The number of nitrogens with one attached hydrogen (secondary N) is 1. The Bertz CT molecular complexity index is 828. The topological polar surface area (TPSA) is 144 Å². The van der Waals surface area contributed by atoms with Gasteiger partial charge in [-0.3, -0.25) is 9.59 Å². The average molecular weight is 345 g/mol. The standard InChI is InChI=1S/C17H15NO7/c19-13-7-12(14(20)5-11(13)6-15(21)22)16(23)18-8-9-1-3-10(4-2-9)17(24)25/h1-5,7,19-20H,6,8H2,(H,18,23)(H,21,22)(H,24,25). The molecule has 0 aliphatic rings. The second-order valence-electron chi connectivity index (χ2n) is 5.25. The van der Waals surface area contributed by atoms with E-state index in [0.717, 1.165) is 12.1 Å². The molecule has 2 aromatic rings. The molecule has 0 atom stereocenters. The summed E-state index contributed by atoms with van der Waals surface area (Å²) in [5, 5.41) is 39.7. The van der Waals surface area contributed by atoms with Crippen LogP contribution in [0, 0.1) is 0 Å². The molecule has 25 heavy (non-hydrogen) atoms. The van der Waals surface area contributed by atoms with E-state index in [4.69, 9.17) is 10.2 Å². The van der Waals surface area contributed by atoms with Crippen LogP contribution in [0.4, 0.5) is 0 Å². The van der Waals surface area contributed by atoms with Crippen molar-refractivity contribution in [3.63, 3.8) is 0 Å². The van der Waals surface area contributed by atoms with Gasteiger partial charge in [0, 0.05) is 12.1 Å². The lowest BCUT2D eigenvalue weighted by Crippen LogP contribution is -2.23. The number of carbonyl (C=O) groups is 3. The summed E-state index contributed by atoms with van der Waals surface area (Å²) in [6, 6.07) is 7.90. The van der Waals surface area contributed by atoms with Crippen molar-refractivity contribution in [2.24, 2.45) is 0 Å². The van der Waals surface area contributed by atoms with E-state index in [9.17, 15) is 24.6 Å². The lowest BCUT2D eigenvalue weighted by molar-refractivity contribution is -0.136. The molecule has 0 radical (unpaired) electrons. The number of carboxylic acid groups (broad SMARTS) is 2. The van der Waals surface area contributed by atoms with Crippen molar-refractivity contribution < 1.29 is 34.8 Å². The number of aromatic carboxylic acids is 1. The number of carboxylic acids is 2. The molecule has 2 aromatic carbocycles. The minimum atomic E-state index is -1.18. The van der Waals surface area contributed by atoms with Crippen LogP contribution in [-0.4, -0.2) is 38.3 Å². The number of phenolic OH excluding ortho intramolecular Hbond substituents is 2. The van der Waals surface area contributed by atoms with Crippen LogP contribution in [0.1, 0.15) is 31.8 Å². The fraction of sp³-hybridized carbons (Fsp3) is 0.118. The number of aromatic hydroxyl groups is 2. The third-order valence-electron chi connectivity index (χ3n) is 3.44. The molecule has 0 aliphatic carbocycles. The molecule has 0 bridgehead atoms. The van der Waals surface area contributed by atoms with E-state index in [1.165, 1.54) is 24.3 Å². The minimum Gasteiger partial charge on any atom is -0.508 e. The van der Waals surface area contributed by atoms with Crippen LogP contribution < -0.4 is 5.32 Å². The van der Waals surface area contributed by atoms with E-state index in [1.54, 1.807) is 0 Å². The molecule has 0 unspecified atom stereocenters. The van der Waals surface area contributed by atoms with Crippen LogP contribution in [0.3, 0.4) is 0 Å². The first kappa shape index (κ1) is 17.8. The highest BCUT2D eigenvalue weighted by atomic mass is 16.4. The normalized spacial score (nSPS) is 10.2. The Morgan fingerprint density at radius 2 is 1.56 bits per heavy atom. The fourth-order valence-electron chi connectivity index (χ4n) is 2.15. The monoisotopic (exact) mass is 345 g/mol. The van der Waals surface area contributed by atoms with Gasteiger partial charge < -0.3 is 25.7 Å². The van der Waals surface area contributed by atoms with Gasteiger partial charge in [-0.2, -0.15) is 0 Å². The van der Waals surface area contributed by atoms with E-state index in [2.05, 4.69) is 5.32 Å². The summed E-state index contributed by atoms with van der Waals surface area (Å²) in [5.41, 5.74) is 0.552. The van der Waals surface area contributed by atoms with Crippen LogP contribution in [0.15, 0.2) is 36.4 Å². The molecule has 0 aliphatic heterocycles. The van der Waals surface area contributed by atoms with Gasteiger partial charge in [0.25, 0.3) is 5.91 Å². The average Bonchev–Trinajstić information content (AvgIpc) is 2.55. The molecule has 130 valence electrons. The third kappa shape index (κ3) is 4.47. The summed E-state index contributed by atoms with van der Waals surface area (Å²) in [5.74, 6) is -3.77. The maximum absolute atomic E-state index is 12.1. The Hall–Kier alpha value is -3.55. The van der Waals surface area contributed by atoms with Gasteiger partial charge in [0.15, 0.2) is 0 Å². The van der Waals surface area contributed by atoms with E-state index in [1.807, 2.05) is 0 Å². The number of hydrogen-bond acceptors (Lipinski definition) is 5. The van der Waals surface area contributed by atoms with Crippen molar-refractivity contribution in [3.8, 4) is 11.5 Å². The Labute approximate surface area is 142 Å². The summed E-state index contributed by atoms with van der Waals surface area (Å²) in [6.07, 6.45) is -0.489. The van der Waals surface area contributed by atoms with Crippen LogP contribution in [0.5, 0.6) is 11.5 Å². The largest absolute Gasteiger partial charge is 0.508 e. The first-order valence-corrected chi connectivity index (χ1v) is 7.15. The minimum absolute atomic E-state index is 0.00851. The second-order valence-corrected chi connectivity index (χ2v) is 5.25. The number of aliphatic carboxylic acids is 1. The SMILES string of the molecule is O=C(O)Cc1cc(O)c(C(=O)NCc2ccc(C(=O)O)cc2)cc1O. The number of phenols is 2. The number of hydrogen-bond donors (Lipinski definition) is 5. The molecule has 0 saturated carbocycles. The molecule has 0 fully saturated rings. The molecule has 0 saturated heterocycles. The number of amides is 1. The van der Waals surface area contributed by atoms with Gasteiger partial charge in [0.1, 0.15) is 11.5 Å². The zero-order valence-electron chi connectivity index (χ0n) is 12.9. The molecular weight excluding hydrogens is 330 g/mol. The molecule has 0 heterocycles. The van der Waals surface area contributed by atoms with E-state index in [0.29, 0.717) is 5.56 Å². The van der Waals surface area contributed by atoms with Gasteiger partial charge in [-0.15, -0.1) is 0 Å². The molecule has 1 amide bonds. The zero-order valence-corrected chi connectivity index (χ0v) is 12.9. The van der Waals surface area contributed by atoms with E-state index in [-0.39, 0.29) is 23.2 Å². The Morgan fingerprint density at radius 1 is 0.920 bits per heavy atom. The quantitative estimate of drug-likeness (QED) is 0.497. The molecule has 5 N–H and O–H groups in total. The lowest BCUT2D eigenvalue weighted by atomic mass is 10.1. The molecule has 2 rings (SSSR count). The highest BCUT2D eigenvalue weighted by Gasteiger charge is 2.16. The highest BCUT2D eigenvalue weighted by Crippen LogP contribution is 2.27. The Morgan fingerprint density at radius 3 is 2.12 bits per heavy atom. The summed E-state index contributed by atoms with van der Waals surface area (Å²) >= 11 is 0. The van der Waals surface area contributed by atoms with Crippen molar-refractivity contribution in [2.45, 2.75) is 13.0 Å². The highest BCUT2D eigenvalue weighted by molar-refractivity contribution is 5.97. The molecule has 8 nitrogen and oxygen atoms in total. The van der Waals surface area contributed by atoms with E-state index < -0.39 is 35.8 Å². The second kappa shape index (κ2) is 7.35. The number of benzene rings is 2. The van der Waals surface area contributed by atoms with Crippen molar-refractivity contribution in [3.05, 3.63) is 58.7 Å². The molecular formula is C17H15NO7. The van der Waals surface area contributed by atoms with Gasteiger partial charge in [-0.1, -0.05) is 12.1 Å². The van der Waals surface area contributed by atoms with Crippen LogP contribution in [0.2, 0.25) is 0 Å². The smallest absolute Gasteiger partial charge is 0.335 e. The van der Waals surface area contributed by atoms with Gasteiger partial charge >= 0.3 is 11.9 Å². The first-order chi connectivity index (χ1) is 11.8. The molecule has 0 spiro atoms. The summed E-state index contributed by atoms with van der Waals surface area (Å²) < 4.78 is 0. The lowest BCUT2D eigenvalue weighted by Gasteiger charge is -2.10. The van der Waals surface area contributed by atoms with Gasteiger partial charge in [-0.05, 0) is 29.8 Å². The van der Waals surface area contributed by atoms with Crippen LogP contribution in [-0.2, 0) is 17.8 Å². The Balaban J connectivity index is 2.09. The summed E-state index contributed by atoms with van der Waals surface area (Å²) in [6.45, 7) is 0.0792. The van der Waals surface area contributed by atoms with E-state index >= 15 is 0 Å². The molecule has 8 heteroatoms. The predicted octanol–water partition coefficient (Wildman–Crippen LogP) is 1.35. The third-order valence-corrected chi connectivity index (χ3v) is 3.44. The van der Waals surface area contributed by atoms with Crippen LogP contribution >= 0.6 is 0 Å². The maximum atomic E-state index is 12.1. The van der Waals surface area contributed by atoms with Gasteiger partial charge in [-0.25, -0.2) is 4.79 Å². The summed E-state index contributed by atoms with van der Waals surface area (Å²) in [4.78, 5) is 33.5. The predicted molar refractivity (Wildman–Crippen MR) is 85.7 cm³/mol. The fourth-order valence-corrected chi connectivity index (χ4v) is 2.15. The van der Waals surface area contributed by atoms with Gasteiger partial charge in [0.05, 0.1) is 17.5 Å². The van der Waals surface area contributed by atoms with Crippen molar-refractivity contribution in [1.82, 2.24) is 5.32 Å². The number of rotatable bonds is 6. The molecule has 0 aromatic heterocycles. The Kier molecular flexibility index (Phi) is 5.23. The zero-order chi connectivity index (χ0) is 18.6. The first-order valence-electron chi connectivity index (χ1n) is 7.15. The maximum Gasteiger partial charge on any atom is 0.335 e.